The molecule has 0 aromatic carbocycles. The lowest BCUT2D eigenvalue weighted by Crippen LogP contribution is -2.47. The van der Waals surface area contributed by atoms with E-state index < -0.39 is 0 Å². The Hall–Kier alpha value is -0.780. The normalized spacial score (nSPS) is 13.6. The summed E-state index contributed by atoms with van der Waals surface area (Å²) in [6, 6.07) is 0. The number of rotatable bonds is 6. The van der Waals surface area contributed by atoms with E-state index in [9.17, 15) is 0 Å². The Morgan fingerprint density at radius 2 is 0.737 bits per heavy atom. The summed E-state index contributed by atoms with van der Waals surface area (Å²) in [7, 11) is 0. The van der Waals surface area contributed by atoms with Crippen molar-refractivity contribution < 1.29 is 0 Å². The number of allylic oxidation sites excluding steroid dienone is 3. The molecular formula is C19H34. The fourth-order valence-corrected chi connectivity index (χ4v) is 3.45. The van der Waals surface area contributed by atoms with Crippen molar-refractivity contribution in [2.45, 2.75) is 62.3 Å². The summed E-state index contributed by atoms with van der Waals surface area (Å²) in [5.74, 6) is 0.403. The molecule has 0 radical (unpaired) electrons. The summed E-state index contributed by atoms with van der Waals surface area (Å²) < 4.78 is 0. The minimum absolute atomic E-state index is 0.0326. The molecule has 0 heterocycles. The smallest absolute Gasteiger partial charge is 0.0106 e. The summed E-state index contributed by atoms with van der Waals surface area (Å²) in [6.07, 6.45) is 0. The standard InChI is InChI=1S/C19H34/c1-13(2)17(7,8)16(18(9,10)14(3)4)19(11,12)15(5)6/h16H,1,3,5H2,2,4,6-12H3. The van der Waals surface area contributed by atoms with Gasteiger partial charge in [-0.25, -0.2) is 0 Å². The Balaban J connectivity index is 6.16. The first-order chi connectivity index (χ1) is 8.20. The van der Waals surface area contributed by atoms with Crippen molar-refractivity contribution in [3.8, 4) is 0 Å². The summed E-state index contributed by atoms with van der Waals surface area (Å²) >= 11 is 0. The molecule has 0 bridgehead atoms. The first-order valence-corrected chi connectivity index (χ1v) is 7.18. The third kappa shape index (κ3) is 3.22. The van der Waals surface area contributed by atoms with Gasteiger partial charge in [0, 0.05) is 0 Å². The van der Waals surface area contributed by atoms with E-state index in [1.807, 2.05) is 0 Å². The maximum absolute atomic E-state index is 4.23. The Labute approximate surface area is 121 Å². The van der Waals surface area contributed by atoms with Crippen LogP contribution in [0.25, 0.3) is 0 Å². The Bertz CT molecular complexity index is 326. The highest BCUT2D eigenvalue weighted by Gasteiger charge is 2.49. The van der Waals surface area contributed by atoms with Crippen molar-refractivity contribution in [1.82, 2.24) is 0 Å². The van der Waals surface area contributed by atoms with E-state index in [0.29, 0.717) is 5.92 Å². The van der Waals surface area contributed by atoms with Crippen LogP contribution in [0, 0.1) is 22.2 Å². The molecule has 0 rings (SSSR count). The zero-order valence-corrected chi connectivity index (χ0v) is 14.7. The molecule has 0 amide bonds. The molecule has 19 heavy (non-hydrogen) atoms. The first-order valence-electron chi connectivity index (χ1n) is 7.18. The van der Waals surface area contributed by atoms with Crippen LogP contribution in [0.2, 0.25) is 0 Å². The second kappa shape index (κ2) is 5.31. The average Bonchev–Trinajstić information content (AvgIpc) is 2.14. The van der Waals surface area contributed by atoms with Gasteiger partial charge in [-0.3, -0.25) is 0 Å². The molecule has 0 spiro atoms. The Morgan fingerprint density at radius 3 is 0.842 bits per heavy atom. The van der Waals surface area contributed by atoms with Crippen LogP contribution in [-0.4, -0.2) is 0 Å². The van der Waals surface area contributed by atoms with Gasteiger partial charge in [0.1, 0.15) is 0 Å². The van der Waals surface area contributed by atoms with Crippen molar-refractivity contribution in [3.05, 3.63) is 36.5 Å². The van der Waals surface area contributed by atoms with Crippen molar-refractivity contribution in [2.75, 3.05) is 0 Å². The van der Waals surface area contributed by atoms with Gasteiger partial charge in [0.05, 0.1) is 0 Å². The predicted octanol–water partition coefficient (Wildman–Crippen LogP) is 6.41. The summed E-state index contributed by atoms with van der Waals surface area (Å²) in [6.45, 7) is 32.9. The lowest BCUT2D eigenvalue weighted by molar-refractivity contribution is 0.0343. The van der Waals surface area contributed by atoms with Crippen LogP contribution in [0.3, 0.4) is 0 Å². The molecular weight excluding hydrogens is 228 g/mol. The molecule has 110 valence electrons. The summed E-state index contributed by atoms with van der Waals surface area (Å²) in [4.78, 5) is 0. The maximum Gasteiger partial charge on any atom is -0.0106 e. The minimum atomic E-state index is 0.0326. The topological polar surface area (TPSA) is 0 Å². The van der Waals surface area contributed by atoms with Crippen LogP contribution in [0.5, 0.6) is 0 Å². The van der Waals surface area contributed by atoms with Crippen LogP contribution in [0.4, 0.5) is 0 Å². The lowest BCUT2D eigenvalue weighted by Gasteiger charge is -2.54. The van der Waals surface area contributed by atoms with Crippen molar-refractivity contribution in [3.63, 3.8) is 0 Å². The second-order valence-corrected chi connectivity index (χ2v) is 7.94. The molecule has 0 atom stereocenters. The Kier molecular flexibility index (Phi) is 5.09. The molecule has 0 aliphatic heterocycles. The van der Waals surface area contributed by atoms with E-state index in [-0.39, 0.29) is 16.2 Å². The molecule has 0 unspecified atom stereocenters. The molecule has 0 aromatic rings. The molecule has 0 saturated carbocycles. The van der Waals surface area contributed by atoms with Crippen LogP contribution in [-0.2, 0) is 0 Å². The Morgan fingerprint density at radius 1 is 0.579 bits per heavy atom. The van der Waals surface area contributed by atoms with E-state index in [4.69, 9.17) is 0 Å². The van der Waals surface area contributed by atoms with E-state index in [1.165, 1.54) is 16.7 Å². The van der Waals surface area contributed by atoms with Crippen molar-refractivity contribution >= 4 is 0 Å². The summed E-state index contributed by atoms with van der Waals surface area (Å²) in [5.41, 5.74) is 3.77. The molecule has 0 aliphatic carbocycles. The molecule has 0 aromatic heterocycles. The van der Waals surface area contributed by atoms with Crippen molar-refractivity contribution in [1.29, 1.82) is 0 Å². The highest BCUT2D eigenvalue weighted by Crippen LogP contribution is 2.57. The summed E-state index contributed by atoms with van der Waals surface area (Å²) in [5, 5.41) is 0. The molecule has 0 aliphatic rings. The third-order valence-electron chi connectivity index (χ3n) is 5.46. The van der Waals surface area contributed by atoms with Gasteiger partial charge in [0.15, 0.2) is 0 Å². The van der Waals surface area contributed by atoms with Crippen LogP contribution in [0.15, 0.2) is 36.5 Å². The van der Waals surface area contributed by atoms with Gasteiger partial charge in [-0.05, 0) is 42.9 Å². The van der Waals surface area contributed by atoms with Gasteiger partial charge in [0.2, 0.25) is 0 Å². The molecule has 0 fully saturated rings. The molecule has 0 saturated heterocycles. The highest BCUT2D eigenvalue weighted by molar-refractivity contribution is 5.23. The zero-order chi connectivity index (χ0) is 15.8. The SMILES string of the molecule is C=C(C)C(C)(C)C(C(C)(C)C(=C)C)C(C)(C)C(=C)C. The van der Waals surface area contributed by atoms with Gasteiger partial charge in [0.25, 0.3) is 0 Å². The van der Waals surface area contributed by atoms with Gasteiger partial charge < -0.3 is 0 Å². The van der Waals surface area contributed by atoms with Gasteiger partial charge in [-0.15, -0.1) is 0 Å². The fraction of sp³-hybridized carbons (Fsp3) is 0.684. The van der Waals surface area contributed by atoms with Crippen LogP contribution < -0.4 is 0 Å². The van der Waals surface area contributed by atoms with Crippen LogP contribution >= 0.6 is 0 Å². The zero-order valence-electron chi connectivity index (χ0n) is 14.7. The first kappa shape index (κ1) is 18.2. The number of hydrogen-bond donors (Lipinski definition) is 0. The minimum Gasteiger partial charge on any atom is -0.0996 e. The van der Waals surface area contributed by atoms with E-state index in [1.54, 1.807) is 0 Å². The van der Waals surface area contributed by atoms with E-state index in [2.05, 4.69) is 82.1 Å². The number of hydrogen-bond acceptors (Lipinski definition) is 0. The fourth-order valence-electron chi connectivity index (χ4n) is 3.45. The van der Waals surface area contributed by atoms with Gasteiger partial charge in [-0.2, -0.15) is 0 Å². The van der Waals surface area contributed by atoms with Gasteiger partial charge in [-0.1, -0.05) is 78.0 Å². The van der Waals surface area contributed by atoms with Crippen LogP contribution in [0.1, 0.15) is 62.3 Å². The lowest BCUT2D eigenvalue weighted by atomic mass is 9.50. The van der Waals surface area contributed by atoms with Gasteiger partial charge >= 0.3 is 0 Å². The highest BCUT2D eigenvalue weighted by atomic mass is 14.5. The maximum atomic E-state index is 4.23. The van der Waals surface area contributed by atoms with E-state index >= 15 is 0 Å². The predicted molar refractivity (Wildman–Crippen MR) is 89.3 cm³/mol. The van der Waals surface area contributed by atoms with Crippen molar-refractivity contribution in [2.24, 2.45) is 22.2 Å². The molecule has 0 nitrogen and oxygen atoms in total. The quantitative estimate of drug-likeness (QED) is 0.485. The monoisotopic (exact) mass is 262 g/mol. The third-order valence-corrected chi connectivity index (χ3v) is 5.46. The van der Waals surface area contributed by atoms with E-state index in [0.717, 1.165) is 0 Å². The second-order valence-electron chi connectivity index (χ2n) is 7.94. The largest absolute Gasteiger partial charge is 0.0996 e. The molecule has 0 N–H and O–H groups in total. The average molecular weight is 262 g/mol. The molecule has 0 heteroatoms.